The summed E-state index contributed by atoms with van der Waals surface area (Å²) in [7, 11) is 0. The molecule has 4 rings (SSSR count). The van der Waals surface area contributed by atoms with Crippen molar-refractivity contribution in [2.75, 3.05) is 5.73 Å². The molecule has 0 aliphatic carbocycles. The van der Waals surface area contributed by atoms with E-state index in [1.54, 1.807) is 18.2 Å². The van der Waals surface area contributed by atoms with Gasteiger partial charge in [-0.25, -0.2) is 9.78 Å². The molecule has 0 aliphatic heterocycles. The molecule has 0 saturated heterocycles. The van der Waals surface area contributed by atoms with Gasteiger partial charge in [0.05, 0.1) is 17.7 Å². The zero-order valence-corrected chi connectivity index (χ0v) is 18.1. The second-order valence-electron chi connectivity index (χ2n) is 7.74. The van der Waals surface area contributed by atoms with Crippen molar-refractivity contribution in [2.24, 2.45) is 0 Å². The Hall–Kier alpha value is -4.15. The number of hydrogen-bond donors (Lipinski definition) is 4. The first-order valence-electron chi connectivity index (χ1n) is 10.4. The monoisotopic (exact) mass is 483 g/mol. The summed E-state index contributed by atoms with van der Waals surface area (Å²) < 4.78 is 46.8. The van der Waals surface area contributed by atoms with Crippen LogP contribution in [-0.4, -0.2) is 27.4 Å². The smallest absolute Gasteiger partial charge is 0.420 e. The van der Waals surface area contributed by atoms with Gasteiger partial charge in [0, 0.05) is 11.6 Å². The third-order valence-corrected chi connectivity index (χ3v) is 5.20. The van der Waals surface area contributed by atoms with Crippen LogP contribution in [0.4, 0.5) is 19.0 Å². The number of nitrogens with one attached hydrogen (secondary N) is 1. The Morgan fingerprint density at radius 1 is 1.11 bits per heavy atom. The lowest BCUT2D eigenvalue weighted by Crippen LogP contribution is -2.25. The Kier molecular flexibility index (Phi) is 6.59. The summed E-state index contributed by atoms with van der Waals surface area (Å²) >= 11 is 0. The maximum absolute atomic E-state index is 13.8. The van der Waals surface area contributed by atoms with Crippen molar-refractivity contribution in [3.05, 3.63) is 89.3 Å². The van der Waals surface area contributed by atoms with Gasteiger partial charge in [-0.1, -0.05) is 18.2 Å². The van der Waals surface area contributed by atoms with Gasteiger partial charge in [0.25, 0.3) is 0 Å². The normalized spacial score (nSPS) is 12.9. The summed E-state index contributed by atoms with van der Waals surface area (Å²) in [5, 5.41) is 22.2. The zero-order chi connectivity index (χ0) is 25.2. The highest BCUT2D eigenvalue weighted by Crippen LogP contribution is 2.39. The molecule has 2 aromatic heterocycles. The molecule has 0 aliphatic rings. The highest BCUT2D eigenvalue weighted by molar-refractivity contribution is 5.90. The van der Waals surface area contributed by atoms with Crippen molar-refractivity contribution in [3.63, 3.8) is 0 Å². The number of aliphatic hydroxyl groups is 1. The van der Waals surface area contributed by atoms with Gasteiger partial charge in [-0.2, -0.15) is 13.2 Å². The number of carboxylic acids is 1. The predicted octanol–water partition coefficient (Wildman–Crippen LogP) is 4.92. The van der Waals surface area contributed by atoms with E-state index in [-0.39, 0.29) is 34.4 Å². The van der Waals surface area contributed by atoms with Gasteiger partial charge in [-0.15, -0.1) is 0 Å². The van der Waals surface area contributed by atoms with E-state index in [2.05, 4.69) is 10.3 Å². The molecule has 1 atom stereocenters. The summed E-state index contributed by atoms with van der Waals surface area (Å²) in [6.07, 6.45) is -1.16. The maximum atomic E-state index is 13.8. The topological polar surface area (TPSA) is 122 Å². The summed E-state index contributed by atoms with van der Waals surface area (Å²) in [6, 6.07) is 12.9. The van der Waals surface area contributed by atoms with Gasteiger partial charge in [-0.3, -0.25) is 5.32 Å². The molecule has 2 heterocycles. The Morgan fingerprint density at radius 2 is 1.86 bits per heavy atom. The Bertz CT molecular complexity index is 1380. The van der Waals surface area contributed by atoms with Crippen LogP contribution in [0.15, 0.2) is 71.3 Å². The second-order valence-corrected chi connectivity index (χ2v) is 7.74. The summed E-state index contributed by atoms with van der Waals surface area (Å²) in [5.41, 5.74) is 5.69. The minimum Gasteiger partial charge on any atom is -0.478 e. The fourth-order valence-electron chi connectivity index (χ4n) is 3.47. The van der Waals surface area contributed by atoms with E-state index < -0.39 is 23.9 Å². The fourth-order valence-corrected chi connectivity index (χ4v) is 3.47. The molecule has 0 spiro atoms. The molecular formula is C25H20F3N3O4. The number of carboxylic acid groups (broad SMARTS) is 1. The van der Waals surface area contributed by atoms with Crippen LogP contribution in [0.3, 0.4) is 0 Å². The molecule has 0 radical (unpaired) electrons. The Balaban J connectivity index is 1.57. The molecule has 1 unspecified atom stereocenters. The van der Waals surface area contributed by atoms with Crippen molar-refractivity contribution >= 4 is 28.8 Å². The first-order chi connectivity index (χ1) is 16.6. The quantitative estimate of drug-likeness (QED) is 0.276. The van der Waals surface area contributed by atoms with Gasteiger partial charge >= 0.3 is 12.1 Å². The number of hydrogen-bond acceptors (Lipinski definition) is 6. The van der Waals surface area contributed by atoms with Crippen LogP contribution in [0.5, 0.6) is 0 Å². The molecule has 0 fully saturated rings. The number of furan rings is 1. The number of halogens is 3. The number of nitrogen functional groups attached to an aromatic ring is 1. The minimum atomic E-state index is -4.67. The molecule has 7 nitrogen and oxygen atoms in total. The molecular weight excluding hydrogens is 463 g/mol. The van der Waals surface area contributed by atoms with Crippen molar-refractivity contribution in [3.8, 4) is 11.1 Å². The largest absolute Gasteiger partial charge is 0.478 e. The molecule has 180 valence electrons. The van der Waals surface area contributed by atoms with E-state index in [4.69, 9.17) is 15.3 Å². The number of fused-ring (bicyclic) bond motifs is 1. The average Bonchev–Trinajstić information content (AvgIpc) is 3.24. The number of carbonyl (C=O) groups is 1. The molecule has 4 aromatic rings. The lowest BCUT2D eigenvalue weighted by Gasteiger charge is -2.10. The first-order valence-corrected chi connectivity index (χ1v) is 10.4. The highest BCUT2D eigenvalue weighted by Gasteiger charge is 2.35. The van der Waals surface area contributed by atoms with Gasteiger partial charge in [-0.05, 0) is 65.2 Å². The SMILES string of the molecule is Nc1ccc(/C=C/C(O)NCc2cc3cc(-c4ccc(C(=O)O)cc4)cc(C(F)(F)F)c3o2)cn1. The van der Waals surface area contributed by atoms with Crippen LogP contribution in [0.1, 0.15) is 27.2 Å². The number of alkyl halides is 3. The van der Waals surface area contributed by atoms with Gasteiger partial charge in [0.1, 0.15) is 23.4 Å². The van der Waals surface area contributed by atoms with E-state index in [9.17, 15) is 23.1 Å². The van der Waals surface area contributed by atoms with Crippen LogP contribution >= 0.6 is 0 Å². The van der Waals surface area contributed by atoms with Crippen LogP contribution in [0.25, 0.3) is 28.2 Å². The maximum Gasteiger partial charge on any atom is 0.420 e. The Morgan fingerprint density at radius 3 is 2.49 bits per heavy atom. The van der Waals surface area contributed by atoms with Crippen molar-refractivity contribution < 1.29 is 32.6 Å². The zero-order valence-electron chi connectivity index (χ0n) is 18.1. The third-order valence-electron chi connectivity index (χ3n) is 5.20. The number of anilines is 1. The number of nitrogens with zero attached hydrogens (tertiary/aromatic N) is 1. The average molecular weight is 483 g/mol. The van der Waals surface area contributed by atoms with E-state index in [0.29, 0.717) is 16.9 Å². The predicted molar refractivity (Wildman–Crippen MR) is 124 cm³/mol. The molecule has 2 aromatic carbocycles. The van der Waals surface area contributed by atoms with Crippen LogP contribution in [-0.2, 0) is 12.7 Å². The van der Waals surface area contributed by atoms with Crippen molar-refractivity contribution in [1.82, 2.24) is 10.3 Å². The molecule has 35 heavy (non-hydrogen) atoms. The van der Waals surface area contributed by atoms with Crippen LogP contribution in [0, 0.1) is 0 Å². The van der Waals surface area contributed by atoms with Gasteiger partial charge < -0.3 is 20.4 Å². The summed E-state index contributed by atoms with van der Waals surface area (Å²) in [6.45, 7) is -0.0277. The second kappa shape index (κ2) is 9.61. The number of aliphatic hydroxyl groups excluding tert-OH is 1. The lowest BCUT2D eigenvalue weighted by molar-refractivity contribution is -0.136. The van der Waals surface area contributed by atoms with E-state index in [1.807, 2.05) is 0 Å². The lowest BCUT2D eigenvalue weighted by atomic mass is 9.99. The summed E-state index contributed by atoms with van der Waals surface area (Å²) in [4.78, 5) is 15.0. The molecule has 0 bridgehead atoms. The number of benzene rings is 2. The molecule has 5 N–H and O–H groups in total. The number of rotatable bonds is 7. The van der Waals surface area contributed by atoms with E-state index >= 15 is 0 Å². The standard InChI is InChI=1S/C25H20F3N3O4/c26-25(27,28)20-11-17(15-3-5-16(6-4-15)24(33)34)9-18-10-19(35-23(18)20)13-31-22(32)8-2-14-1-7-21(29)30-12-14/h1-12,22,31-32H,13H2,(H2,29,30)(H,33,34)/b8-2+. The molecule has 0 saturated carbocycles. The first kappa shape index (κ1) is 24.0. The van der Waals surface area contributed by atoms with Gasteiger partial charge in [0.15, 0.2) is 0 Å². The number of aromatic carboxylic acids is 1. The van der Waals surface area contributed by atoms with Crippen molar-refractivity contribution in [1.29, 1.82) is 0 Å². The van der Waals surface area contributed by atoms with E-state index in [0.717, 1.165) is 6.07 Å². The Labute approximate surface area is 197 Å². The number of pyridine rings is 1. The van der Waals surface area contributed by atoms with E-state index in [1.165, 1.54) is 48.7 Å². The van der Waals surface area contributed by atoms with Gasteiger partial charge in [0.2, 0.25) is 0 Å². The van der Waals surface area contributed by atoms with Crippen LogP contribution < -0.4 is 11.1 Å². The summed E-state index contributed by atoms with van der Waals surface area (Å²) in [5.74, 6) is -0.563. The highest BCUT2D eigenvalue weighted by atomic mass is 19.4. The molecule has 0 amide bonds. The van der Waals surface area contributed by atoms with Crippen molar-refractivity contribution in [2.45, 2.75) is 18.9 Å². The third kappa shape index (κ3) is 5.68. The molecule has 10 heteroatoms. The van der Waals surface area contributed by atoms with Crippen LogP contribution in [0.2, 0.25) is 0 Å². The number of aromatic nitrogens is 1. The number of nitrogens with two attached hydrogens (primary N) is 1. The minimum absolute atomic E-state index is 0.0277. The fraction of sp³-hybridized carbons (Fsp3) is 0.120.